The molecule has 0 bridgehead atoms. The smallest absolute Gasteiger partial charge is 0.257 e. The Balaban J connectivity index is 1.87. The lowest BCUT2D eigenvalue weighted by molar-refractivity contribution is 0.102. The highest BCUT2D eigenvalue weighted by molar-refractivity contribution is 6.13. The van der Waals surface area contributed by atoms with Gasteiger partial charge in [0.05, 0.1) is 5.56 Å². The Morgan fingerprint density at radius 2 is 1.73 bits per heavy atom. The summed E-state index contributed by atoms with van der Waals surface area (Å²) in [7, 11) is 5.93. The molecule has 0 unspecified atom stereocenters. The van der Waals surface area contributed by atoms with Gasteiger partial charge in [-0.1, -0.05) is 18.2 Å². The first-order valence-electron chi connectivity index (χ1n) is 7.19. The normalized spacial score (nSPS) is 10.7. The molecular weight excluding hydrogens is 274 g/mol. The number of rotatable bonds is 3. The van der Waals surface area contributed by atoms with Crippen LogP contribution >= 0.6 is 0 Å². The summed E-state index contributed by atoms with van der Waals surface area (Å²) in [5, 5.41) is 3.92. The summed E-state index contributed by atoms with van der Waals surface area (Å²) in [6.07, 6.45) is 1.87. The van der Waals surface area contributed by atoms with Gasteiger partial charge in [-0.25, -0.2) is 0 Å². The van der Waals surface area contributed by atoms with Crippen molar-refractivity contribution in [3.8, 4) is 0 Å². The lowest BCUT2D eigenvalue weighted by Crippen LogP contribution is -2.12. The topological polar surface area (TPSA) is 37.3 Å². The van der Waals surface area contributed by atoms with Crippen LogP contribution in [-0.2, 0) is 7.05 Å². The highest BCUT2D eigenvalue weighted by Gasteiger charge is 2.13. The molecule has 0 fully saturated rings. The standard InChI is InChI=1S/C18H19N3O/c1-20(2)14-10-8-13(9-11-14)19-18(22)16-12-21(3)17-7-5-4-6-15(16)17/h4-12H,1-3H3,(H,19,22). The van der Waals surface area contributed by atoms with E-state index in [-0.39, 0.29) is 5.91 Å². The summed E-state index contributed by atoms with van der Waals surface area (Å²) in [6.45, 7) is 0. The van der Waals surface area contributed by atoms with E-state index in [4.69, 9.17) is 0 Å². The second-order valence-corrected chi connectivity index (χ2v) is 5.57. The van der Waals surface area contributed by atoms with Gasteiger partial charge in [0.2, 0.25) is 0 Å². The quantitative estimate of drug-likeness (QED) is 0.802. The van der Waals surface area contributed by atoms with Crippen LogP contribution in [0.2, 0.25) is 0 Å². The van der Waals surface area contributed by atoms with Gasteiger partial charge in [-0.05, 0) is 30.3 Å². The Morgan fingerprint density at radius 1 is 1.05 bits per heavy atom. The molecule has 0 radical (unpaired) electrons. The third-order valence-electron chi connectivity index (χ3n) is 3.78. The summed E-state index contributed by atoms with van der Waals surface area (Å²) in [4.78, 5) is 14.5. The van der Waals surface area contributed by atoms with Gasteiger partial charge >= 0.3 is 0 Å². The number of anilines is 2. The van der Waals surface area contributed by atoms with Crippen LogP contribution in [0.3, 0.4) is 0 Å². The highest BCUT2D eigenvalue weighted by atomic mass is 16.1. The van der Waals surface area contributed by atoms with E-state index >= 15 is 0 Å². The zero-order valence-corrected chi connectivity index (χ0v) is 13.0. The second-order valence-electron chi connectivity index (χ2n) is 5.57. The minimum Gasteiger partial charge on any atom is -0.378 e. The van der Waals surface area contributed by atoms with Gasteiger partial charge in [0.1, 0.15) is 0 Å². The third-order valence-corrected chi connectivity index (χ3v) is 3.78. The number of benzene rings is 2. The predicted molar refractivity (Wildman–Crippen MR) is 91.6 cm³/mol. The number of carbonyl (C=O) groups is 1. The van der Waals surface area contributed by atoms with Gasteiger partial charge in [-0.2, -0.15) is 0 Å². The van der Waals surface area contributed by atoms with E-state index in [1.807, 2.05) is 85.3 Å². The number of carbonyl (C=O) groups excluding carboxylic acids is 1. The van der Waals surface area contributed by atoms with Crippen LogP contribution in [0, 0.1) is 0 Å². The fourth-order valence-corrected chi connectivity index (χ4v) is 2.56. The molecule has 0 aliphatic carbocycles. The average Bonchev–Trinajstić information content (AvgIpc) is 2.86. The molecule has 22 heavy (non-hydrogen) atoms. The minimum absolute atomic E-state index is 0.0885. The van der Waals surface area contributed by atoms with Crippen molar-refractivity contribution < 1.29 is 4.79 Å². The van der Waals surface area contributed by atoms with Gasteiger partial charge in [0.25, 0.3) is 5.91 Å². The molecule has 0 atom stereocenters. The van der Waals surface area contributed by atoms with Gasteiger partial charge in [-0.15, -0.1) is 0 Å². The van der Waals surface area contributed by atoms with E-state index in [9.17, 15) is 4.79 Å². The molecule has 0 aliphatic heterocycles. The van der Waals surface area contributed by atoms with E-state index in [2.05, 4.69) is 5.32 Å². The Labute approximate surface area is 130 Å². The SMILES string of the molecule is CN(C)c1ccc(NC(=O)c2cn(C)c3ccccc23)cc1. The van der Waals surface area contributed by atoms with E-state index in [0.717, 1.165) is 22.3 Å². The number of nitrogens with zero attached hydrogens (tertiary/aromatic N) is 2. The second kappa shape index (κ2) is 5.56. The summed E-state index contributed by atoms with van der Waals surface area (Å²) >= 11 is 0. The molecule has 4 nitrogen and oxygen atoms in total. The van der Waals surface area contributed by atoms with E-state index in [0.29, 0.717) is 5.56 Å². The molecule has 1 aromatic heterocycles. The maximum Gasteiger partial charge on any atom is 0.257 e. The molecule has 4 heteroatoms. The van der Waals surface area contributed by atoms with Crippen LogP contribution in [-0.4, -0.2) is 24.6 Å². The maximum absolute atomic E-state index is 12.5. The molecule has 0 aliphatic rings. The maximum atomic E-state index is 12.5. The van der Waals surface area contributed by atoms with Crippen LogP contribution in [0.1, 0.15) is 10.4 Å². The monoisotopic (exact) mass is 293 g/mol. The van der Waals surface area contributed by atoms with Crippen LogP contribution in [0.25, 0.3) is 10.9 Å². The van der Waals surface area contributed by atoms with Crippen molar-refractivity contribution in [2.24, 2.45) is 7.05 Å². The number of hydrogen-bond donors (Lipinski definition) is 1. The average molecular weight is 293 g/mol. The fourth-order valence-electron chi connectivity index (χ4n) is 2.56. The molecule has 1 amide bonds. The number of aromatic nitrogens is 1. The molecule has 0 saturated carbocycles. The van der Waals surface area contributed by atoms with Gasteiger partial charge in [0.15, 0.2) is 0 Å². The molecular formula is C18H19N3O. The van der Waals surface area contributed by atoms with Crippen molar-refractivity contribution in [1.29, 1.82) is 0 Å². The Bertz CT molecular complexity index is 816. The number of amides is 1. The number of fused-ring (bicyclic) bond motifs is 1. The van der Waals surface area contributed by atoms with E-state index in [1.165, 1.54) is 0 Å². The molecule has 2 aromatic carbocycles. The van der Waals surface area contributed by atoms with Crippen LogP contribution in [0.4, 0.5) is 11.4 Å². The van der Waals surface area contributed by atoms with Crippen LogP contribution < -0.4 is 10.2 Å². The Kier molecular flexibility index (Phi) is 3.59. The van der Waals surface area contributed by atoms with Crippen molar-refractivity contribution in [1.82, 2.24) is 4.57 Å². The van der Waals surface area contributed by atoms with Crippen molar-refractivity contribution >= 4 is 28.2 Å². The van der Waals surface area contributed by atoms with Gasteiger partial charge in [0, 0.05) is 49.6 Å². The molecule has 0 saturated heterocycles. The molecule has 1 N–H and O–H groups in total. The largest absolute Gasteiger partial charge is 0.378 e. The van der Waals surface area contributed by atoms with Gasteiger partial charge in [-0.3, -0.25) is 4.79 Å². The van der Waals surface area contributed by atoms with Crippen molar-refractivity contribution in [3.05, 3.63) is 60.3 Å². The summed E-state index contributed by atoms with van der Waals surface area (Å²) in [5.41, 5.74) is 3.64. The number of nitrogens with one attached hydrogen (secondary N) is 1. The first-order chi connectivity index (χ1) is 10.6. The van der Waals surface area contributed by atoms with E-state index in [1.54, 1.807) is 0 Å². The van der Waals surface area contributed by atoms with Crippen molar-refractivity contribution in [3.63, 3.8) is 0 Å². The fraction of sp³-hybridized carbons (Fsp3) is 0.167. The predicted octanol–water partition coefficient (Wildman–Crippen LogP) is 3.50. The zero-order chi connectivity index (χ0) is 15.7. The third kappa shape index (κ3) is 2.55. The molecule has 3 rings (SSSR count). The van der Waals surface area contributed by atoms with E-state index < -0.39 is 0 Å². The lowest BCUT2D eigenvalue weighted by Gasteiger charge is -2.13. The highest BCUT2D eigenvalue weighted by Crippen LogP contribution is 2.22. The number of hydrogen-bond acceptors (Lipinski definition) is 2. The Morgan fingerprint density at radius 3 is 2.41 bits per heavy atom. The minimum atomic E-state index is -0.0885. The molecule has 0 spiro atoms. The van der Waals surface area contributed by atoms with Crippen LogP contribution in [0.5, 0.6) is 0 Å². The molecule has 112 valence electrons. The van der Waals surface area contributed by atoms with Crippen LogP contribution in [0.15, 0.2) is 54.7 Å². The first kappa shape index (κ1) is 14.2. The first-order valence-corrected chi connectivity index (χ1v) is 7.19. The zero-order valence-electron chi connectivity index (χ0n) is 13.0. The summed E-state index contributed by atoms with van der Waals surface area (Å²) in [6, 6.07) is 15.7. The summed E-state index contributed by atoms with van der Waals surface area (Å²) < 4.78 is 1.97. The summed E-state index contributed by atoms with van der Waals surface area (Å²) in [5.74, 6) is -0.0885. The number of aryl methyl sites for hydroxylation is 1. The lowest BCUT2D eigenvalue weighted by atomic mass is 10.1. The van der Waals surface area contributed by atoms with Gasteiger partial charge < -0.3 is 14.8 Å². The van der Waals surface area contributed by atoms with Crippen molar-refractivity contribution in [2.75, 3.05) is 24.3 Å². The molecule has 1 heterocycles. The molecule has 3 aromatic rings. The number of para-hydroxylation sites is 1. The Hall–Kier alpha value is -2.75. The van der Waals surface area contributed by atoms with Crippen molar-refractivity contribution in [2.45, 2.75) is 0 Å².